The number of nitrogen functional groups attached to an aromatic ring is 1. The van der Waals surface area contributed by atoms with Gasteiger partial charge >= 0.3 is 0 Å². The molecule has 0 amide bonds. The maximum absolute atomic E-state index is 13.7. The average Bonchev–Trinajstić information content (AvgIpc) is 3.24. The third-order valence-corrected chi connectivity index (χ3v) is 3.97. The maximum Gasteiger partial charge on any atom is 0.203 e. The summed E-state index contributed by atoms with van der Waals surface area (Å²) in [5, 5.41) is 23.7. The molecule has 0 unspecified atom stereocenters. The summed E-state index contributed by atoms with van der Waals surface area (Å²) in [5.41, 5.74) is 9.55. The van der Waals surface area contributed by atoms with Crippen LogP contribution < -0.4 is 5.73 Å². The molecule has 0 fully saturated rings. The minimum Gasteiger partial charge on any atom is -0.384 e. The first-order chi connectivity index (χ1) is 12.6. The van der Waals surface area contributed by atoms with Gasteiger partial charge < -0.3 is 5.73 Å². The van der Waals surface area contributed by atoms with Crippen LogP contribution in [0.5, 0.6) is 0 Å². The molecule has 8 nitrogen and oxygen atoms in total. The Balaban J connectivity index is 1.55. The van der Waals surface area contributed by atoms with Crippen LogP contribution in [0.25, 0.3) is 11.2 Å². The fraction of sp³-hybridized carbons (Fsp3) is 0.118. The molecule has 0 bridgehead atoms. The Labute approximate surface area is 147 Å². The van der Waals surface area contributed by atoms with Crippen molar-refractivity contribution in [1.29, 1.82) is 5.26 Å². The second-order valence-corrected chi connectivity index (χ2v) is 5.85. The SMILES string of the molecule is N#Cc1ccc(Cn2cc(Cc3cc(N)nc4n[nH]nc34)cn2)cc1F. The molecule has 0 spiro atoms. The summed E-state index contributed by atoms with van der Waals surface area (Å²) in [6.07, 6.45) is 4.18. The van der Waals surface area contributed by atoms with Crippen LogP contribution in [0.1, 0.15) is 22.3 Å². The predicted molar refractivity (Wildman–Crippen MR) is 91.3 cm³/mol. The van der Waals surface area contributed by atoms with Gasteiger partial charge in [0.25, 0.3) is 0 Å². The molecule has 4 rings (SSSR count). The van der Waals surface area contributed by atoms with Crippen LogP contribution in [0.3, 0.4) is 0 Å². The van der Waals surface area contributed by atoms with Gasteiger partial charge in [0.2, 0.25) is 5.65 Å². The third-order valence-electron chi connectivity index (χ3n) is 3.97. The van der Waals surface area contributed by atoms with Crippen molar-refractivity contribution in [3.8, 4) is 6.07 Å². The van der Waals surface area contributed by atoms with Crippen molar-refractivity contribution < 1.29 is 4.39 Å². The lowest BCUT2D eigenvalue weighted by molar-refractivity contribution is 0.615. The first-order valence-electron chi connectivity index (χ1n) is 7.78. The number of anilines is 1. The van der Waals surface area contributed by atoms with Gasteiger partial charge in [0.1, 0.15) is 23.2 Å². The van der Waals surface area contributed by atoms with Gasteiger partial charge in [-0.25, -0.2) is 9.37 Å². The van der Waals surface area contributed by atoms with Crippen molar-refractivity contribution in [3.05, 3.63) is 64.7 Å². The van der Waals surface area contributed by atoms with E-state index >= 15 is 0 Å². The van der Waals surface area contributed by atoms with Crippen LogP contribution in [-0.2, 0) is 13.0 Å². The van der Waals surface area contributed by atoms with Gasteiger partial charge in [-0.15, -0.1) is 5.10 Å². The van der Waals surface area contributed by atoms with Gasteiger partial charge in [0.15, 0.2) is 0 Å². The lowest BCUT2D eigenvalue weighted by Gasteiger charge is -2.03. The molecule has 26 heavy (non-hydrogen) atoms. The normalized spacial score (nSPS) is 10.9. The number of fused-ring (bicyclic) bond motifs is 1. The Morgan fingerprint density at radius 1 is 1.23 bits per heavy atom. The maximum atomic E-state index is 13.7. The molecular formula is C17H13FN8. The number of nitrogens with two attached hydrogens (primary N) is 1. The molecule has 0 aliphatic rings. The van der Waals surface area contributed by atoms with Crippen molar-refractivity contribution >= 4 is 17.0 Å². The van der Waals surface area contributed by atoms with E-state index in [4.69, 9.17) is 11.0 Å². The molecular weight excluding hydrogens is 335 g/mol. The Morgan fingerprint density at radius 3 is 2.92 bits per heavy atom. The van der Waals surface area contributed by atoms with E-state index in [0.29, 0.717) is 29.9 Å². The van der Waals surface area contributed by atoms with E-state index in [-0.39, 0.29) is 5.56 Å². The van der Waals surface area contributed by atoms with E-state index < -0.39 is 5.82 Å². The molecule has 0 atom stereocenters. The van der Waals surface area contributed by atoms with Crippen LogP contribution in [0, 0.1) is 17.1 Å². The van der Waals surface area contributed by atoms with E-state index in [1.54, 1.807) is 23.0 Å². The summed E-state index contributed by atoms with van der Waals surface area (Å²) < 4.78 is 15.4. The number of pyridine rings is 1. The molecule has 0 saturated heterocycles. The number of aromatic amines is 1. The number of hydrogen-bond donors (Lipinski definition) is 2. The zero-order valence-corrected chi connectivity index (χ0v) is 13.5. The van der Waals surface area contributed by atoms with Gasteiger partial charge in [-0.2, -0.15) is 20.7 Å². The van der Waals surface area contributed by atoms with Crippen LogP contribution >= 0.6 is 0 Å². The molecule has 3 N–H and O–H groups in total. The first-order valence-corrected chi connectivity index (χ1v) is 7.78. The average molecular weight is 348 g/mol. The zero-order chi connectivity index (χ0) is 18.1. The molecule has 0 aliphatic heterocycles. The lowest BCUT2D eigenvalue weighted by Crippen LogP contribution is -2.01. The highest BCUT2D eigenvalue weighted by Gasteiger charge is 2.11. The van der Waals surface area contributed by atoms with E-state index in [1.807, 2.05) is 12.3 Å². The summed E-state index contributed by atoms with van der Waals surface area (Å²) in [4.78, 5) is 4.11. The van der Waals surface area contributed by atoms with Gasteiger partial charge in [0.05, 0.1) is 18.3 Å². The Hall–Kier alpha value is -3.80. The summed E-state index contributed by atoms with van der Waals surface area (Å²) in [5.74, 6) is -0.153. The second kappa shape index (κ2) is 6.25. The highest BCUT2D eigenvalue weighted by atomic mass is 19.1. The van der Waals surface area contributed by atoms with Crippen LogP contribution in [0.4, 0.5) is 10.2 Å². The van der Waals surface area contributed by atoms with Crippen molar-refractivity contribution in [1.82, 2.24) is 30.2 Å². The number of rotatable bonds is 4. The molecule has 0 saturated carbocycles. The largest absolute Gasteiger partial charge is 0.384 e. The number of aromatic nitrogens is 6. The van der Waals surface area contributed by atoms with Gasteiger partial charge in [-0.1, -0.05) is 6.07 Å². The highest BCUT2D eigenvalue weighted by Crippen LogP contribution is 2.19. The molecule has 0 aliphatic carbocycles. The van der Waals surface area contributed by atoms with Crippen molar-refractivity contribution in [2.75, 3.05) is 5.73 Å². The summed E-state index contributed by atoms with van der Waals surface area (Å²) >= 11 is 0. The smallest absolute Gasteiger partial charge is 0.203 e. The standard InChI is InChI=1S/C17H13FN8/c18-14-4-10(1-2-12(14)6-19)8-26-9-11(7-21-26)3-13-5-15(20)22-17-16(13)23-25-24-17/h1-2,4-5,7,9H,3,8H2,(H3,20,22,23,24,25). The fourth-order valence-corrected chi connectivity index (χ4v) is 2.79. The van der Waals surface area contributed by atoms with Crippen molar-refractivity contribution in [2.24, 2.45) is 0 Å². The molecule has 1 aromatic carbocycles. The summed E-state index contributed by atoms with van der Waals surface area (Å²) in [6.45, 7) is 0.403. The monoisotopic (exact) mass is 348 g/mol. The molecule has 0 radical (unpaired) electrons. The number of H-pyrrole nitrogens is 1. The Kier molecular flexibility index (Phi) is 3.78. The number of nitriles is 1. The van der Waals surface area contributed by atoms with Crippen LogP contribution in [-0.4, -0.2) is 30.2 Å². The van der Waals surface area contributed by atoms with Crippen molar-refractivity contribution in [2.45, 2.75) is 13.0 Å². The molecule has 3 aromatic heterocycles. The van der Waals surface area contributed by atoms with E-state index in [2.05, 4.69) is 25.5 Å². The number of nitrogens with zero attached hydrogens (tertiary/aromatic N) is 6. The number of hydrogen-bond acceptors (Lipinski definition) is 6. The van der Waals surface area contributed by atoms with E-state index in [9.17, 15) is 4.39 Å². The quantitative estimate of drug-likeness (QED) is 0.580. The minimum absolute atomic E-state index is 0.0295. The van der Waals surface area contributed by atoms with E-state index in [0.717, 1.165) is 16.7 Å². The molecule has 4 aromatic rings. The lowest BCUT2D eigenvalue weighted by atomic mass is 10.1. The van der Waals surface area contributed by atoms with Gasteiger partial charge in [-0.05, 0) is 34.9 Å². The third kappa shape index (κ3) is 2.95. The summed E-state index contributed by atoms with van der Waals surface area (Å²) in [6, 6.07) is 8.10. The molecule has 9 heteroatoms. The van der Waals surface area contributed by atoms with Crippen molar-refractivity contribution in [3.63, 3.8) is 0 Å². The number of benzene rings is 1. The highest BCUT2D eigenvalue weighted by molar-refractivity contribution is 5.76. The van der Waals surface area contributed by atoms with Crippen LogP contribution in [0.2, 0.25) is 0 Å². The van der Waals surface area contributed by atoms with Crippen LogP contribution in [0.15, 0.2) is 36.7 Å². The number of halogens is 1. The zero-order valence-electron chi connectivity index (χ0n) is 13.5. The molecule has 128 valence electrons. The predicted octanol–water partition coefficient (Wildman–Crippen LogP) is 1.78. The second-order valence-electron chi connectivity index (χ2n) is 5.85. The Bertz CT molecular complexity index is 1140. The Morgan fingerprint density at radius 2 is 2.12 bits per heavy atom. The van der Waals surface area contributed by atoms with Gasteiger partial charge in [-0.3, -0.25) is 4.68 Å². The van der Waals surface area contributed by atoms with E-state index in [1.165, 1.54) is 12.1 Å². The summed E-state index contributed by atoms with van der Waals surface area (Å²) in [7, 11) is 0. The topological polar surface area (TPSA) is 122 Å². The molecule has 3 heterocycles. The number of nitrogens with one attached hydrogen (secondary N) is 1. The first kappa shape index (κ1) is 15.7. The van der Waals surface area contributed by atoms with Gasteiger partial charge in [0, 0.05) is 12.6 Å². The minimum atomic E-state index is -0.530. The fourth-order valence-electron chi connectivity index (χ4n) is 2.79.